The third-order valence-electron chi connectivity index (χ3n) is 8.44. The van der Waals surface area contributed by atoms with Gasteiger partial charge >= 0.3 is 0 Å². The number of carbonyl (C=O) groups is 1. The summed E-state index contributed by atoms with van der Waals surface area (Å²) >= 11 is 0. The lowest BCUT2D eigenvalue weighted by molar-refractivity contribution is -0.147. The number of carbonyl (C=O) groups excluding carboxylic acids is 1. The summed E-state index contributed by atoms with van der Waals surface area (Å²) in [5.41, 5.74) is 1.11. The van der Waals surface area contributed by atoms with E-state index in [4.69, 9.17) is 4.74 Å². The van der Waals surface area contributed by atoms with Crippen LogP contribution in [0.1, 0.15) is 49.7 Å². The van der Waals surface area contributed by atoms with Gasteiger partial charge in [0, 0.05) is 48.6 Å². The molecule has 2 aromatic carbocycles. The third kappa shape index (κ3) is 3.70. The maximum absolute atomic E-state index is 15.0. The molecule has 0 aliphatic carbocycles. The average Bonchev–Trinajstić information content (AvgIpc) is 3.14. The summed E-state index contributed by atoms with van der Waals surface area (Å²) < 4.78 is 20.6. The molecule has 1 amide bonds. The summed E-state index contributed by atoms with van der Waals surface area (Å²) in [4.78, 5) is 20.6. The van der Waals surface area contributed by atoms with Gasteiger partial charge in [0.2, 0.25) is 5.91 Å². The number of rotatable bonds is 4. The van der Waals surface area contributed by atoms with Gasteiger partial charge in [0.15, 0.2) is 0 Å². The molecule has 34 heavy (non-hydrogen) atoms. The van der Waals surface area contributed by atoms with E-state index in [1.54, 1.807) is 6.07 Å². The van der Waals surface area contributed by atoms with Gasteiger partial charge in [0.25, 0.3) is 0 Å². The predicted octanol–water partition coefficient (Wildman–Crippen LogP) is 5.43. The van der Waals surface area contributed by atoms with Crippen LogP contribution < -0.4 is 0 Å². The van der Waals surface area contributed by atoms with Crippen LogP contribution >= 0.6 is 0 Å². The zero-order chi connectivity index (χ0) is 23.1. The molecule has 6 rings (SSSR count). The third-order valence-corrected chi connectivity index (χ3v) is 8.44. The number of pyridine rings is 1. The van der Waals surface area contributed by atoms with Crippen LogP contribution in [0, 0.1) is 11.7 Å². The van der Waals surface area contributed by atoms with E-state index in [0.717, 1.165) is 32.1 Å². The van der Waals surface area contributed by atoms with E-state index in [1.807, 2.05) is 24.5 Å². The first-order chi connectivity index (χ1) is 16.6. The highest BCUT2D eigenvalue weighted by molar-refractivity contribution is 5.89. The van der Waals surface area contributed by atoms with E-state index in [-0.39, 0.29) is 23.8 Å². The Balaban J connectivity index is 1.23. The highest BCUT2D eigenvalue weighted by Crippen LogP contribution is 2.45. The molecule has 0 saturated carbocycles. The summed E-state index contributed by atoms with van der Waals surface area (Å²) in [6.45, 7) is 1.01. The highest BCUT2D eigenvalue weighted by Gasteiger charge is 2.52. The molecule has 3 saturated heterocycles. The van der Waals surface area contributed by atoms with Gasteiger partial charge in [0.05, 0.1) is 5.41 Å². The standard InChI is InChI=1S/C29H31FN2O2/c30-27-4-2-1-3-26(27)29(10-13-34-14-11-29)28(33)32-24-7-8-25(32)18-21(17-24)15-20-5-6-23-19-31-12-9-22(23)16-20/h1-6,9,12,16,19,21,24-25H,7-8,10-11,13-15,17-18H2. The average molecular weight is 459 g/mol. The molecule has 4 nitrogen and oxygen atoms in total. The van der Waals surface area contributed by atoms with Crippen LogP contribution in [0.4, 0.5) is 4.39 Å². The van der Waals surface area contributed by atoms with Crippen LogP contribution in [-0.2, 0) is 21.4 Å². The van der Waals surface area contributed by atoms with E-state index in [2.05, 4.69) is 34.1 Å². The normalized spacial score (nSPS) is 26.0. The van der Waals surface area contributed by atoms with Crippen molar-refractivity contribution in [1.29, 1.82) is 0 Å². The number of piperidine rings is 1. The van der Waals surface area contributed by atoms with Gasteiger partial charge in [0.1, 0.15) is 5.82 Å². The number of ether oxygens (including phenoxy) is 1. The topological polar surface area (TPSA) is 42.4 Å². The molecule has 1 aromatic heterocycles. The van der Waals surface area contributed by atoms with Gasteiger partial charge in [-0.2, -0.15) is 0 Å². The second-order valence-electron chi connectivity index (χ2n) is 10.4. The first kappa shape index (κ1) is 21.7. The van der Waals surface area contributed by atoms with Gasteiger partial charge in [-0.3, -0.25) is 9.78 Å². The second-order valence-corrected chi connectivity index (χ2v) is 10.4. The minimum atomic E-state index is -0.802. The SMILES string of the molecule is O=C(N1C2CCC1CC(Cc1ccc3cnccc3c1)C2)C1(c2ccccc2F)CCOCC1. The first-order valence-corrected chi connectivity index (χ1v) is 12.6. The molecule has 3 aliphatic rings. The fourth-order valence-electron chi connectivity index (χ4n) is 6.80. The van der Waals surface area contributed by atoms with E-state index in [9.17, 15) is 9.18 Å². The summed E-state index contributed by atoms with van der Waals surface area (Å²) in [6, 6.07) is 16.1. The number of fused-ring (bicyclic) bond motifs is 3. The van der Waals surface area contributed by atoms with E-state index in [0.29, 0.717) is 37.5 Å². The van der Waals surface area contributed by atoms with Crippen molar-refractivity contribution in [3.63, 3.8) is 0 Å². The van der Waals surface area contributed by atoms with Crippen molar-refractivity contribution in [2.24, 2.45) is 5.92 Å². The van der Waals surface area contributed by atoms with Crippen LogP contribution in [0.5, 0.6) is 0 Å². The number of hydrogen-bond acceptors (Lipinski definition) is 3. The van der Waals surface area contributed by atoms with Crippen LogP contribution in [0.15, 0.2) is 60.9 Å². The van der Waals surface area contributed by atoms with Gasteiger partial charge in [-0.25, -0.2) is 4.39 Å². The summed E-state index contributed by atoms with van der Waals surface area (Å²) in [6.07, 6.45) is 10.1. The quantitative estimate of drug-likeness (QED) is 0.523. The Morgan fingerprint density at radius 3 is 2.56 bits per heavy atom. The molecule has 5 heteroatoms. The van der Waals surface area contributed by atoms with Gasteiger partial charge in [-0.1, -0.05) is 36.4 Å². The van der Waals surface area contributed by atoms with Crippen LogP contribution in [0.3, 0.4) is 0 Å². The van der Waals surface area contributed by atoms with Crippen molar-refractivity contribution >= 4 is 16.7 Å². The molecule has 176 valence electrons. The minimum absolute atomic E-state index is 0.130. The maximum Gasteiger partial charge on any atom is 0.234 e. The predicted molar refractivity (Wildman–Crippen MR) is 130 cm³/mol. The number of hydrogen-bond donors (Lipinski definition) is 0. The molecule has 3 aromatic rings. The van der Waals surface area contributed by atoms with Gasteiger partial charge in [-0.05, 0) is 73.9 Å². The zero-order valence-corrected chi connectivity index (χ0v) is 19.5. The summed E-state index contributed by atoms with van der Waals surface area (Å²) in [5.74, 6) is 0.427. The monoisotopic (exact) mass is 458 g/mol. The first-order valence-electron chi connectivity index (χ1n) is 12.6. The molecule has 4 heterocycles. The largest absolute Gasteiger partial charge is 0.381 e. The number of nitrogens with zero attached hydrogens (tertiary/aromatic N) is 2. The zero-order valence-electron chi connectivity index (χ0n) is 19.5. The van der Waals surface area contributed by atoms with Crippen molar-refractivity contribution < 1.29 is 13.9 Å². The van der Waals surface area contributed by atoms with Crippen molar-refractivity contribution in [2.45, 2.75) is 62.4 Å². The fraction of sp³-hybridized carbons (Fsp3) is 0.448. The molecule has 0 spiro atoms. The van der Waals surface area contributed by atoms with Gasteiger partial charge < -0.3 is 9.64 Å². The van der Waals surface area contributed by atoms with Crippen molar-refractivity contribution in [2.75, 3.05) is 13.2 Å². The molecular weight excluding hydrogens is 427 g/mol. The van der Waals surface area contributed by atoms with Crippen molar-refractivity contribution in [3.05, 3.63) is 77.9 Å². The molecule has 2 bridgehead atoms. The molecule has 0 N–H and O–H groups in total. The lowest BCUT2D eigenvalue weighted by Crippen LogP contribution is -2.56. The number of aromatic nitrogens is 1. The van der Waals surface area contributed by atoms with Crippen LogP contribution in [0.2, 0.25) is 0 Å². The lowest BCUT2D eigenvalue weighted by Gasteiger charge is -2.46. The lowest BCUT2D eigenvalue weighted by atomic mass is 9.71. The molecule has 0 radical (unpaired) electrons. The van der Waals surface area contributed by atoms with Crippen LogP contribution in [-0.4, -0.2) is 41.1 Å². The van der Waals surface area contributed by atoms with E-state index < -0.39 is 5.41 Å². The molecular formula is C29H31FN2O2. The Morgan fingerprint density at radius 1 is 1.03 bits per heavy atom. The number of halogens is 1. The minimum Gasteiger partial charge on any atom is -0.381 e. The Labute approximate surface area is 200 Å². The van der Waals surface area contributed by atoms with E-state index in [1.165, 1.54) is 22.4 Å². The molecule has 2 atom stereocenters. The summed E-state index contributed by atoms with van der Waals surface area (Å²) in [5, 5.41) is 2.40. The maximum atomic E-state index is 15.0. The second kappa shape index (κ2) is 8.77. The Kier molecular flexibility index (Phi) is 5.60. The van der Waals surface area contributed by atoms with Crippen LogP contribution in [0.25, 0.3) is 10.8 Å². The summed E-state index contributed by atoms with van der Waals surface area (Å²) in [7, 11) is 0. The smallest absolute Gasteiger partial charge is 0.234 e. The van der Waals surface area contributed by atoms with E-state index >= 15 is 0 Å². The Morgan fingerprint density at radius 2 is 1.79 bits per heavy atom. The Bertz CT molecular complexity index is 1190. The number of amides is 1. The highest BCUT2D eigenvalue weighted by atomic mass is 19.1. The molecule has 3 aliphatic heterocycles. The Hall–Kier alpha value is -2.79. The van der Waals surface area contributed by atoms with Crippen molar-refractivity contribution in [1.82, 2.24) is 9.88 Å². The van der Waals surface area contributed by atoms with Gasteiger partial charge in [-0.15, -0.1) is 0 Å². The molecule has 2 unspecified atom stereocenters. The fourth-order valence-corrected chi connectivity index (χ4v) is 6.80. The van der Waals surface area contributed by atoms with Crippen molar-refractivity contribution in [3.8, 4) is 0 Å². The number of benzene rings is 2. The molecule has 3 fully saturated rings.